The van der Waals surface area contributed by atoms with Crippen molar-refractivity contribution in [1.29, 1.82) is 0 Å². The monoisotopic (exact) mass is 270 g/mol. The second-order valence-electron chi connectivity index (χ2n) is 4.40. The van der Waals surface area contributed by atoms with Crippen LogP contribution in [0, 0.1) is 12.7 Å². The van der Waals surface area contributed by atoms with Gasteiger partial charge in [0.15, 0.2) is 0 Å². The number of phenols is 1. The second-order valence-corrected chi connectivity index (χ2v) is 4.40. The average molecular weight is 270 g/mol. The van der Waals surface area contributed by atoms with E-state index < -0.39 is 0 Å². The van der Waals surface area contributed by atoms with Crippen LogP contribution in [0.4, 0.5) is 4.39 Å². The van der Waals surface area contributed by atoms with E-state index in [0.717, 1.165) is 0 Å². The summed E-state index contributed by atoms with van der Waals surface area (Å²) in [4.78, 5) is 4.22. The minimum atomic E-state index is -0.279. The summed E-state index contributed by atoms with van der Waals surface area (Å²) in [5.74, 6) is 0.364. The maximum Gasteiger partial charge on any atom is 0.261 e. The Labute approximate surface area is 114 Å². The number of phenolic OH excluding ortho intramolecular Hbond substituents is 1. The first-order valence-corrected chi connectivity index (χ1v) is 6.04. The predicted molar refractivity (Wildman–Crippen MR) is 71.5 cm³/mol. The van der Waals surface area contributed by atoms with Gasteiger partial charge in [0.05, 0.1) is 5.56 Å². The Kier molecular flexibility index (Phi) is 2.95. The van der Waals surface area contributed by atoms with Crippen molar-refractivity contribution in [3.63, 3.8) is 0 Å². The lowest BCUT2D eigenvalue weighted by atomic mass is 10.1. The molecule has 3 aromatic rings. The van der Waals surface area contributed by atoms with Crippen LogP contribution in [0.5, 0.6) is 5.75 Å². The van der Waals surface area contributed by atoms with Crippen LogP contribution in [0.2, 0.25) is 0 Å². The van der Waals surface area contributed by atoms with Crippen LogP contribution in [-0.2, 0) is 0 Å². The largest absolute Gasteiger partial charge is 0.507 e. The number of aryl methyl sites for hydroxylation is 1. The van der Waals surface area contributed by atoms with Crippen LogP contribution < -0.4 is 0 Å². The quantitative estimate of drug-likeness (QED) is 0.773. The highest BCUT2D eigenvalue weighted by Gasteiger charge is 2.14. The number of nitrogens with zero attached hydrogens (tertiary/aromatic N) is 2. The molecule has 3 rings (SSSR count). The molecule has 0 aliphatic rings. The Morgan fingerprint density at radius 2 is 1.95 bits per heavy atom. The van der Waals surface area contributed by atoms with E-state index in [1.165, 1.54) is 6.07 Å². The summed E-state index contributed by atoms with van der Waals surface area (Å²) in [5, 5.41) is 13.6. The molecule has 0 aliphatic heterocycles. The molecule has 0 amide bonds. The number of aromatic hydroxyl groups is 1. The van der Waals surface area contributed by atoms with Crippen LogP contribution in [0.15, 0.2) is 47.0 Å². The second kappa shape index (κ2) is 4.77. The fraction of sp³-hybridized carbons (Fsp3) is 0.0667. The Morgan fingerprint density at radius 3 is 2.70 bits per heavy atom. The molecular weight excluding hydrogens is 259 g/mol. The van der Waals surface area contributed by atoms with E-state index in [2.05, 4.69) is 10.1 Å². The smallest absolute Gasteiger partial charge is 0.261 e. The summed E-state index contributed by atoms with van der Waals surface area (Å²) in [7, 11) is 0. The third kappa shape index (κ3) is 2.14. The van der Waals surface area contributed by atoms with Crippen molar-refractivity contribution in [3.8, 4) is 28.6 Å². The Bertz CT molecular complexity index is 768. The van der Waals surface area contributed by atoms with Gasteiger partial charge in [-0.15, -0.1) is 0 Å². The van der Waals surface area contributed by atoms with E-state index in [0.29, 0.717) is 22.5 Å². The Morgan fingerprint density at radius 1 is 1.15 bits per heavy atom. The van der Waals surface area contributed by atoms with Crippen LogP contribution in [0.3, 0.4) is 0 Å². The van der Waals surface area contributed by atoms with Gasteiger partial charge in [0.2, 0.25) is 5.82 Å². The first kappa shape index (κ1) is 12.3. The molecule has 0 saturated carbocycles. The molecular formula is C15H11FN2O2. The average Bonchev–Trinajstić information content (AvgIpc) is 2.92. The molecule has 0 atom stereocenters. The molecule has 0 radical (unpaired) electrons. The topological polar surface area (TPSA) is 59.2 Å². The highest BCUT2D eigenvalue weighted by Crippen LogP contribution is 2.29. The summed E-state index contributed by atoms with van der Waals surface area (Å²) in [6.45, 7) is 1.67. The molecule has 0 saturated heterocycles. The predicted octanol–water partition coefficient (Wildman–Crippen LogP) is 3.56. The molecule has 20 heavy (non-hydrogen) atoms. The van der Waals surface area contributed by atoms with E-state index in [1.807, 2.05) is 0 Å². The molecule has 100 valence electrons. The van der Waals surface area contributed by atoms with Gasteiger partial charge in [-0.3, -0.25) is 0 Å². The van der Waals surface area contributed by atoms with Crippen LogP contribution in [0.1, 0.15) is 5.56 Å². The lowest BCUT2D eigenvalue weighted by Crippen LogP contribution is -1.86. The van der Waals surface area contributed by atoms with E-state index in [4.69, 9.17) is 4.52 Å². The van der Waals surface area contributed by atoms with Gasteiger partial charge in [-0.1, -0.05) is 17.3 Å². The van der Waals surface area contributed by atoms with E-state index in [9.17, 15) is 9.50 Å². The summed E-state index contributed by atoms with van der Waals surface area (Å²) in [6, 6.07) is 11.3. The molecule has 1 aromatic heterocycles. The summed E-state index contributed by atoms with van der Waals surface area (Å²) < 4.78 is 18.4. The first-order valence-electron chi connectivity index (χ1n) is 6.04. The van der Waals surface area contributed by atoms with E-state index in [1.54, 1.807) is 43.3 Å². The van der Waals surface area contributed by atoms with Crippen molar-refractivity contribution in [2.45, 2.75) is 6.92 Å². The SMILES string of the molecule is Cc1cc(-c2noc(-c3ccccc3O)n2)ccc1F. The minimum Gasteiger partial charge on any atom is -0.507 e. The molecule has 0 spiro atoms. The normalized spacial score (nSPS) is 10.7. The highest BCUT2D eigenvalue weighted by molar-refractivity contribution is 5.64. The third-order valence-corrected chi connectivity index (χ3v) is 2.98. The van der Waals surface area contributed by atoms with Crippen molar-refractivity contribution in [3.05, 3.63) is 53.8 Å². The molecule has 0 fully saturated rings. The summed E-state index contributed by atoms with van der Waals surface area (Å²) >= 11 is 0. The molecule has 1 N–H and O–H groups in total. The molecule has 0 bridgehead atoms. The standard InChI is InChI=1S/C15H11FN2O2/c1-9-8-10(6-7-12(9)16)14-17-15(20-18-14)11-4-2-3-5-13(11)19/h2-8,19H,1H3. The number of halogens is 1. The molecule has 4 nitrogen and oxygen atoms in total. The number of hydrogen-bond acceptors (Lipinski definition) is 4. The zero-order valence-corrected chi connectivity index (χ0v) is 10.7. The molecule has 2 aromatic carbocycles. The first-order chi connectivity index (χ1) is 9.65. The molecule has 0 aliphatic carbocycles. The van der Waals surface area contributed by atoms with Gasteiger partial charge in [0, 0.05) is 5.56 Å². The molecule has 0 unspecified atom stereocenters. The minimum absolute atomic E-state index is 0.0676. The van der Waals surface area contributed by atoms with Crippen LogP contribution in [-0.4, -0.2) is 15.2 Å². The third-order valence-electron chi connectivity index (χ3n) is 2.98. The van der Waals surface area contributed by atoms with E-state index in [-0.39, 0.29) is 17.5 Å². The van der Waals surface area contributed by atoms with Crippen molar-refractivity contribution in [1.82, 2.24) is 10.1 Å². The van der Waals surface area contributed by atoms with Gasteiger partial charge in [-0.2, -0.15) is 4.98 Å². The fourth-order valence-electron chi connectivity index (χ4n) is 1.89. The van der Waals surface area contributed by atoms with Gasteiger partial charge in [-0.05, 0) is 42.8 Å². The lowest BCUT2D eigenvalue weighted by molar-refractivity contribution is 0.425. The highest BCUT2D eigenvalue weighted by atomic mass is 19.1. The maximum atomic E-state index is 13.2. The summed E-state index contributed by atoms with van der Waals surface area (Å²) in [6.07, 6.45) is 0. The van der Waals surface area contributed by atoms with Gasteiger partial charge in [0.25, 0.3) is 5.89 Å². The van der Waals surface area contributed by atoms with Crippen molar-refractivity contribution < 1.29 is 14.0 Å². The number of benzene rings is 2. The van der Waals surface area contributed by atoms with Gasteiger partial charge >= 0.3 is 0 Å². The molecule has 5 heteroatoms. The van der Waals surface area contributed by atoms with Crippen molar-refractivity contribution >= 4 is 0 Å². The Balaban J connectivity index is 2.02. The van der Waals surface area contributed by atoms with Gasteiger partial charge in [0.1, 0.15) is 11.6 Å². The Hall–Kier alpha value is -2.69. The number of rotatable bonds is 2. The van der Waals surface area contributed by atoms with Crippen molar-refractivity contribution in [2.75, 3.05) is 0 Å². The maximum absolute atomic E-state index is 13.2. The molecule has 1 heterocycles. The van der Waals surface area contributed by atoms with Crippen molar-refractivity contribution in [2.24, 2.45) is 0 Å². The summed E-state index contributed by atoms with van der Waals surface area (Å²) in [5.41, 5.74) is 1.64. The number of aromatic nitrogens is 2. The van der Waals surface area contributed by atoms with E-state index >= 15 is 0 Å². The lowest BCUT2D eigenvalue weighted by Gasteiger charge is -1.98. The van der Waals surface area contributed by atoms with Crippen LogP contribution >= 0.6 is 0 Å². The fourth-order valence-corrected chi connectivity index (χ4v) is 1.89. The number of para-hydroxylation sites is 1. The van der Waals surface area contributed by atoms with Gasteiger partial charge < -0.3 is 9.63 Å². The number of hydrogen-bond donors (Lipinski definition) is 1. The van der Waals surface area contributed by atoms with Gasteiger partial charge in [-0.25, -0.2) is 4.39 Å². The van der Waals surface area contributed by atoms with Crippen LogP contribution in [0.25, 0.3) is 22.8 Å². The zero-order chi connectivity index (χ0) is 14.1. The zero-order valence-electron chi connectivity index (χ0n) is 10.7.